The molecule has 1 aromatic rings. The lowest BCUT2D eigenvalue weighted by molar-refractivity contribution is -0.106. The standard InChI is InChI=1S/C9H7NO3S/c1-10-9(7-11)14(12,13)8-5-3-2-4-6-8/h2-7,9H. The SMILES string of the molecule is [C-]#[N+]C(C=O)S(=O)(=O)c1ccccc1. The molecule has 0 radical (unpaired) electrons. The highest BCUT2D eigenvalue weighted by Gasteiger charge is 2.31. The smallest absolute Gasteiger partial charge is 0.293 e. The molecule has 1 atom stereocenters. The molecule has 0 fully saturated rings. The maximum atomic E-state index is 11.5. The second kappa shape index (κ2) is 4.03. The van der Waals surface area contributed by atoms with Crippen molar-refractivity contribution in [1.29, 1.82) is 0 Å². The van der Waals surface area contributed by atoms with Crippen LogP contribution < -0.4 is 0 Å². The van der Waals surface area contributed by atoms with Crippen LogP contribution in [-0.4, -0.2) is 20.1 Å². The molecule has 1 unspecified atom stereocenters. The van der Waals surface area contributed by atoms with E-state index in [-0.39, 0.29) is 11.2 Å². The van der Waals surface area contributed by atoms with Gasteiger partial charge in [0.2, 0.25) is 6.29 Å². The minimum atomic E-state index is -3.82. The van der Waals surface area contributed by atoms with Gasteiger partial charge in [0.25, 0.3) is 9.84 Å². The summed E-state index contributed by atoms with van der Waals surface area (Å²) in [4.78, 5) is 13.1. The number of rotatable bonds is 3. The van der Waals surface area contributed by atoms with Crippen molar-refractivity contribution in [3.63, 3.8) is 0 Å². The summed E-state index contributed by atoms with van der Waals surface area (Å²) in [7, 11) is -3.82. The van der Waals surface area contributed by atoms with Crippen molar-refractivity contribution in [3.05, 3.63) is 41.7 Å². The van der Waals surface area contributed by atoms with Crippen LogP contribution in [0.5, 0.6) is 0 Å². The van der Waals surface area contributed by atoms with E-state index in [2.05, 4.69) is 4.85 Å². The van der Waals surface area contributed by atoms with E-state index < -0.39 is 15.2 Å². The monoisotopic (exact) mass is 209 g/mol. The molecule has 5 heteroatoms. The van der Waals surface area contributed by atoms with Crippen LogP contribution in [0.1, 0.15) is 0 Å². The number of carbonyl (C=O) groups is 1. The predicted octanol–water partition coefficient (Wildman–Crippen LogP) is 0.905. The van der Waals surface area contributed by atoms with Crippen LogP contribution in [0.3, 0.4) is 0 Å². The molecule has 0 saturated carbocycles. The average Bonchev–Trinajstić information content (AvgIpc) is 2.20. The topological polar surface area (TPSA) is 55.6 Å². The fraction of sp³-hybridized carbons (Fsp3) is 0.111. The molecule has 0 aromatic heterocycles. The van der Waals surface area contributed by atoms with E-state index in [4.69, 9.17) is 6.57 Å². The molecule has 14 heavy (non-hydrogen) atoms. The minimum absolute atomic E-state index is 0.00639. The van der Waals surface area contributed by atoms with Gasteiger partial charge in [-0.25, -0.2) is 15.0 Å². The van der Waals surface area contributed by atoms with Crippen molar-refractivity contribution >= 4 is 16.1 Å². The fourth-order valence-electron chi connectivity index (χ4n) is 0.923. The molecule has 0 aliphatic carbocycles. The molecule has 1 rings (SSSR count). The van der Waals surface area contributed by atoms with Crippen molar-refractivity contribution in [2.75, 3.05) is 0 Å². The summed E-state index contributed by atoms with van der Waals surface area (Å²) in [6.07, 6.45) is 0.134. The predicted molar refractivity (Wildman–Crippen MR) is 50.1 cm³/mol. The maximum absolute atomic E-state index is 11.5. The van der Waals surface area contributed by atoms with Gasteiger partial charge in [0, 0.05) is 0 Å². The van der Waals surface area contributed by atoms with Gasteiger partial charge in [-0.1, -0.05) is 18.2 Å². The van der Waals surface area contributed by atoms with Crippen LogP contribution in [-0.2, 0) is 14.6 Å². The Morgan fingerprint density at radius 1 is 1.29 bits per heavy atom. The molecule has 0 aliphatic heterocycles. The van der Waals surface area contributed by atoms with E-state index >= 15 is 0 Å². The lowest BCUT2D eigenvalue weighted by atomic mass is 10.4. The first kappa shape index (κ1) is 10.4. The summed E-state index contributed by atoms with van der Waals surface area (Å²) in [5, 5.41) is -1.63. The number of nitrogens with zero attached hydrogens (tertiary/aromatic N) is 1. The highest BCUT2D eigenvalue weighted by molar-refractivity contribution is 7.92. The number of hydrogen-bond acceptors (Lipinski definition) is 3. The molecule has 0 spiro atoms. The summed E-state index contributed by atoms with van der Waals surface area (Å²) in [6, 6.07) is 7.46. The summed E-state index contributed by atoms with van der Waals surface area (Å²) >= 11 is 0. The van der Waals surface area contributed by atoms with Crippen LogP contribution in [0.4, 0.5) is 0 Å². The lowest BCUT2D eigenvalue weighted by Gasteiger charge is -2.00. The van der Waals surface area contributed by atoms with Gasteiger partial charge in [0.15, 0.2) is 0 Å². The molecular weight excluding hydrogens is 202 g/mol. The molecule has 0 heterocycles. The van der Waals surface area contributed by atoms with Gasteiger partial charge in [-0.15, -0.1) is 0 Å². The summed E-state index contributed by atoms with van der Waals surface area (Å²) in [6.45, 7) is 6.58. The van der Waals surface area contributed by atoms with Crippen LogP contribution in [0.2, 0.25) is 0 Å². The summed E-state index contributed by atoms with van der Waals surface area (Å²) in [5.74, 6) is 0. The zero-order valence-electron chi connectivity index (χ0n) is 7.12. The third kappa shape index (κ3) is 1.80. The van der Waals surface area contributed by atoms with Crippen LogP contribution in [0.25, 0.3) is 4.85 Å². The van der Waals surface area contributed by atoms with E-state index in [1.807, 2.05) is 0 Å². The van der Waals surface area contributed by atoms with Gasteiger partial charge >= 0.3 is 5.37 Å². The van der Waals surface area contributed by atoms with Crippen molar-refractivity contribution in [2.45, 2.75) is 10.3 Å². The van der Waals surface area contributed by atoms with Crippen molar-refractivity contribution in [3.8, 4) is 0 Å². The summed E-state index contributed by atoms with van der Waals surface area (Å²) in [5.41, 5.74) is 0. The number of hydrogen-bond donors (Lipinski definition) is 0. The maximum Gasteiger partial charge on any atom is 0.379 e. The first-order valence-electron chi connectivity index (χ1n) is 3.73. The van der Waals surface area contributed by atoms with E-state index in [1.54, 1.807) is 18.2 Å². The van der Waals surface area contributed by atoms with E-state index in [9.17, 15) is 13.2 Å². The second-order valence-electron chi connectivity index (χ2n) is 2.51. The van der Waals surface area contributed by atoms with Gasteiger partial charge in [0.05, 0.1) is 4.90 Å². The van der Waals surface area contributed by atoms with Gasteiger partial charge in [0.1, 0.15) is 0 Å². The third-order valence-corrected chi connectivity index (χ3v) is 3.41. The first-order chi connectivity index (χ1) is 6.62. The van der Waals surface area contributed by atoms with Crippen molar-refractivity contribution in [2.24, 2.45) is 0 Å². The van der Waals surface area contributed by atoms with E-state index in [0.29, 0.717) is 0 Å². The van der Waals surface area contributed by atoms with E-state index in [0.717, 1.165) is 0 Å². The van der Waals surface area contributed by atoms with Crippen LogP contribution >= 0.6 is 0 Å². The minimum Gasteiger partial charge on any atom is -0.293 e. The van der Waals surface area contributed by atoms with Gasteiger partial charge in [-0.2, -0.15) is 0 Å². The Bertz CT molecular complexity index is 459. The Labute approximate surface area is 81.9 Å². The average molecular weight is 209 g/mol. The fourth-order valence-corrected chi connectivity index (χ4v) is 2.02. The molecule has 72 valence electrons. The number of aldehydes is 1. The number of benzene rings is 1. The summed E-state index contributed by atoms with van der Waals surface area (Å²) < 4.78 is 23.1. The van der Waals surface area contributed by atoms with Crippen molar-refractivity contribution in [1.82, 2.24) is 0 Å². The Morgan fingerprint density at radius 3 is 2.29 bits per heavy atom. The Morgan fingerprint density at radius 2 is 1.86 bits per heavy atom. The zero-order valence-corrected chi connectivity index (χ0v) is 7.94. The molecule has 1 aromatic carbocycles. The highest BCUT2D eigenvalue weighted by Crippen LogP contribution is 2.14. The Kier molecular flexibility index (Phi) is 2.99. The third-order valence-electron chi connectivity index (χ3n) is 1.63. The molecule has 4 nitrogen and oxygen atoms in total. The van der Waals surface area contributed by atoms with Crippen molar-refractivity contribution < 1.29 is 13.2 Å². The molecule has 0 aliphatic rings. The van der Waals surface area contributed by atoms with Crippen LogP contribution in [0.15, 0.2) is 35.2 Å². The van der Waals surface area contributed by atoms with E-state index in [1.165, 1.54) is 12.1 Å². The van der Waals surface area contributed by atoms with Gasteiger partial charge < -0.3 is 0 Å². The normalized spacial score (nSPS) is 12.8. The molecule has 0 bridgehead atoms. The quantitative estimate of drug-likeness (QED) is 0.549. The molecule has 0 amide bonds. The molecule has 0 N–H and O–H groups in total. The molecular formula is C9H7NO3S. The second-order valence-corrected chi connectivity index (χ2v) is 4.56. The van der Waals surface area contributed by atoms with Gasteiger partial charge in [-0.05, 0) is 12.1 Å². The Balaban J connectivity index is 3.23. The lowest BCUT2D eigenvalue weighted by Crippen LogP contribution is -2.18. The number of carbonyl (C=O) groups excluding carboxylic acids is 1. The molecule has 0 saturated heterocycles. The first-order valence-corrected chi connectivity index (χ1v) is 5.28. The van der Waals surface area contributed by atoms with Crippen LogP contribution in [0, 0.1) is 6.57 Å². The Hall–Kier alpha value is -1.67. The number of sulfone groups is 1. The highest BCUT2D eigenvalue weighted by atomic mass is 32.2. The largest absolute Gasteiger partial charge is 0.379 e. The zero-order chi connectivity index (χ0) is 10.6. The van der Waals surface area contributed by atoms with Gasteiger partial charge in [-0.3, -0.25) is 9.64 Å².